The molecular weight excluding hydrogens is 116 g/mol. The quantitative estimate of drug-likeness (QED) is 0.608. The molecule has 2 heteroatoms. The maximum atomic E-state index is 8.81. The monoisotopic (exact) mass is 130 g/mol. The van der Waals surface area contributed by atoms with Gasteiger partial charge in [-0.15, -0.1) is 0 Å². The minimum absolute atomic E-state index is 0.324. The molecule has 2 nitrogen and oxygen atoms in total. The van der Waals surface area contributed by atoms with E-state index in [0.717, 1.165) is 19.6 Å². The van der Waals surface area contributed by atoms with Crippen LogP contribution in [0.15, 0.2) is 0 Å². The van der Waals surface area contributed by atoms with Gasteiger partial charge in [0.05, 0.1) is 13.2 Å². The average molecular weight is 130 g/mol. The summed E-state index contributed by atoms with van der Waals surface area (Å²) in [6, 6.07) is 0. The smallest absolute Gasteiger partial charge is 0.0519 e. The van der Waals surface area contributed by atoms with E-state index in [0.29, 0.717) is 18.4 Å². The molecule has 1 atom stereocenters. The van der Waals surface area contributed by atoms with Crippen molar-refractivity contribution in [2.75, 3.05) is 19.8 Å². The van der Waals surface area contributed by atoms with Crippen LogP contribution in [-0.2, 0) is 4.74 Å². The Morgan fingerprint density at radius 1 is 1.67 bits per heavy atom. The molecule has 0 amide bonds. The van der Waals surface area contributed by atoms with Gasteiger partial charge in [-0.3, -0.25) is 0 Å². The van der Waals surface area contributed by atoms with E-state index in [4.69, 9.17) is 9.84 Å². The Morgan fingerprint density at radius 2 is 2.33 bits per heavy atom. The molecule has 1 saturated heterocycles. The molecule has 0 bridgehead atoms. The predicted octanol–water partition coefficient (Wildman–Crippen LogP) is 0.651. The Balaban J connectivity index is 2.19. The lowest BCUT2D eigenvalue weighted by molar-refractivity contribution is -0.0715. The largest absolute Gasteiger partial charge is 0.396 e. The second-order valence-electron chi connectivity index (χ2n) is 2.65. The van der Waals surface area contributed by atoms with Gasteiger partial charge in [-0.2, -0.15) is 0 Å². The molecule has 1 fully saturated rings. The molecule has 9 heavy (non-hydrogen) atoms. The Labute approximate surface area is 55.8 Å². The number of ether oxygens (including phenoxy) is 1. The van der Waals surface area contributed by atoms with Crippen LogP contribution in [-0.4, -0.2) is 24.9 Å². The SMILES string of the molecule is CCC(CO)C1COC1. The second kappa shape index (κ2) is 3.18. The Kier molecular flexibility index (Phi) is 2.49. The van der Waals surface area contributed by atoms with Crippen molar-refractivity contribution in [1.29, 1.82) is 0 Å². The van der Waals surface area contributed by atoms with Crippen LogP contribution < -0.4 is 0 Å². The summed E-state index contributed by atoms with van der Waals surface area (Å²) >= 11 is 0. The molecule has 0 spiro atoms. The fourth-order valence-corrected chi connectivity index (χ4v) is 1.14. The van der Waals surface area contributed by atoms with E-state index >= 15 is 0 Å². The van der Waals surface area contributed by atoms with E-state index in [9.17, 15) is 0 Å². The summed E-state index contributed by atoms with van der Waals surface area (Å²) in [5.74, 6) is 1.12. The maximum absolute atomic E-state index is 8.81. The lowest BCUT2D eigenvalue weighted by atomic mass is 9.89. The van der Waals surface area contributed by atoms with Crippen molar-refractivity contribution in [2.45, 2.75) is 13.3 Å². The molecule has 54 valence electrons. The summed E-state index contributed by atoms with van der Waals surface area (Å²) in [6.45, 7) is 4.15. The van der Waals surface area contributed by atoms with E-state index in [-0.39, 0.29) is 0 Å². The van der Waals surface area contributed by atoms with E-state index in [2.05, 4.69) is 6.92 Å². The summed E-state index contributed by atoms with van der Waals surface area (Å²) in [7, 11) is 0. The molecule has 0 radical (unpaired) electrons. The highest BCUT2D eigenvalue weighted by Crippen LogP contribution is 2.22. The molecular formula is C7H14O2. The van der Waals surface area contributed by atoms with Crippen molar-refractivity contribution in [3.63, 3.8) is 0 Å². The zero-order valence-corrected chi connectivity index (χ0v) is 5.84. The van der Waals surface area contributed by atoms with Crippen LogP contribution in [0.25, 0.3) is 0 Å². The van der Waals surface area contributed by atoms with Crippen molar-refractivity contribution >= 4 is 0 Å². The third-order valence-corrected chi connectivity index (χ3v) is 2.09. The standard InChI is InChI=1S/C7H14O2/c1-2-6(3-8)7-4-9-5-7/h6-8H,2-5H2,1H3. The fraction of sp³-hybridized carbons (Fsp3) is 1.00. The number of hydrogen-bond acceptors (Lipinski definition) is 2. The van der Waals surface area contributed by atoms with Gasteiger partial charge in [0.2, 0.25) is 0 Å². The first-order valence-corrected chi connectivity index (χ1v) is 3.57. The van der Waals surface area contributed by atoms with E-state index in [1.54, 1.807) is 0 Å². The lowest BCUT2D eigenvalue weighted by Crippen LogP contribution is -2.35. The topological polar surface area (TPSA) is 29.5 Å². The van der Waals surface area contributed by atoms with Gasteiger partial charge in [-0.1, -0.05) is 13.3 Å². The normalized spacial score (nSPS) is 23.3. The lowest BCUT2D eigenvalue weighted by Gasteiger charge is -2.31. The molecule has 0 aromatic carbocycles. The Bertz CT molecular complexity index is 75.0. The van der Waals surface area contributed by atoms with Gasteiger partial charge >= 0.3 is 0 Å². The van der Waals surface area contributed by atoms with Crippen molar-refractivity contribution in [1.82, 2.24) is 0 Å². The van der Waals surface area contributed by atoms with Crippen molar-refractivity contribution in [3.8, 4) is 0 Å². The number of hydrogen-bond donors (Lipinski definition) is 1. The van der Waals surface area contributed by atoms with Crippen LogP contribution in [0.4, 0.5) is 0 Å². The van der Waals surface area contributed by atoms with Gasteiger partial charge < -0.3 is 9.84 Å². The van der Waals surface area contributed by atoms with E-state index < -0.39 is 0 Å². The first-order chi connectivity index (χ1) is 4.38. The molecule has 0 aliphatic carbocycles. The second-order valence-corrected chi connectivity index (χ2v) is 2.65. The summed E-state index contributed by atoms with van der Waals surface area (Å²) in [4.78, 5) is 0. The number of aliphatic hydroxyl groups is 1. The highest BCUT2D eigenvalue weighted by molar-refractivity contribution is 4.73. The zero-order chi connectivity index (χ0) is 6.69. The van der Waals surface area contributed by atoms with Gasteiger partial charge in [-0.05, 0) is 5.92 Å². The van der Waals surface area contributed by atoms with Gasteiger partial charge in [0.15, 0.2) is 0 Å². The highest BCUT2D eigenvalue weighted by Gasteiger charge is 2.25. The van der Waals surface area contributed by atoms with E-state index in [1.807, 2.05) is 0 Å². The molecule has 1 heterocycles. The molecule has 1 N–H and O–H groups in total. The van der Waals surface area contributed by atoms with Gasteiger partial charge in [0, 0.05) is 12.5 Å². The zero-order valence-electron chi connectivity index (χ0n) is 5.84. The molecule has 1 rings (SSSR count). The average Bonchev–Trinajstić information content (AvgIpc) is 1.78. The van der Waals surface area contributed by atoms with Crippen LogP contribution in [0, 0.1) is 11.8 Å². The van der Waals surface area contributed by atoms with Gasteiger partial charge in [0.1, 0.15) is 0 Å². The first-order valence-electron chi connectivity index (χ1n) is 3.57. The minimum Gasteiger partial charge on any atom is -0.396 e. The number of rotatable bonds is 3. The maximum Gasteiger partial charge on any atom is 0.0519 e. The van der Waals surface area contributed by atoms with Gasteiger partial charge in [-0.25, -0.2) is 0 Å². The molecule has 1 aliphatic heterocycles. The molecule has 0 saturated carbocycles. The fourth-order valence-electron chi connectivity index (χ4n) is 1.14. The highest BCUT2D eigenvalue weighted by atomic mass is 16.5. The van der Waals surface area contributed by atoms with Crippen molar-refractivity contribution < 1.29 is 9.84 Å². The minimum atomic E-state index is 0.324. The Hall–Kier alpha value is -0.0800. The van der Waals surface area contributed by atoms with Crippen LogP contribution in [0.3, 0.4) is 0 Å². The van der Waals surface area contributed by atoms with Crippen LogP contribution >= 0.6 is 0 Å². The van der Waals surface area contributed by atoms with Crippen molar-refractivity contribution in [2.24, 2.45) is 11.8 Å². The molecule has 1 unspecified atom stereocenters. The third-order valence-electron chi connectivity index (χ3n) is 2.09. The first kappa shape index (κ1) is 7.03. The molecule has 1 aliphatic rings. The van der Waals surface area contributed by atoms with E-state index in [1.165, 1.54) is 0 Å². The summed E-state index contributed by atoms with van der Waals surface area (Å²) in [6.07, 6.45) is 1.07. The van der Waals surface area contributed by atoms with Crippen LogP contribution in [0.1, 0.15) is 13.3 Å². The molecule has 0 aromatic heterocycles. The summed E-state index contributed by atoms with van der Waals surface area (Å²) in [5, 5.41) is 8.81. The number of aliphatic hydroxyl groups excluding tert-OH is 1. The van der Waals surface area contributed by atoms with Crippen molar-refractivity contribution in [3.05, 3.63) is 0 Å². The molecule has 0 aromatic rings. The van der Waals surface area contributed by atoms with Crippen LogP contribution in [0.2, 0.25) is 0 Å². The van der Waals surface area contributed by atoms with Crippen LogP contribution in [0.5, 0.6) is 0 Å². The van der Waals surface area contributed by atoms with Gasteiger partial charge in [0.25, 0.3) is 0 Å². The summed E-state index contributed by atoms with van der Waals surface area (Å²) in [5.41, 5.74) is 0. The predicted molar refractivity (Wildman–Crippen MR) is 35.2 cm³/mol. The third kappa shape index (κ3) is 1.43. The Morgan fingerprint density at radius 3 is 2.44 bits per heavy atom. The summed E-state index contributed by atoms with van der Waals surface area (Å²) < 4.78 is 5.01.